The Morgan fingerprint density at radius 2 is 1.96 bits per heavy atom. The van der Waals surface area contributed by atoms with Gasteiger partial charge < -0.3 is 9.47 Å². The standard InChI is InChI=1S/C20H19F3N4O/c1-26-17(25-16-3-2-9-24-18(16)26)11-13-8-10-27(12-13)19(28)14-4-6-15(7-5-14)20(21,22)23/h2-7,9,13H,8,10-12H2,1H3/t13-/m1/s1. The molecule has 1 atom stereocenters. The van der Waals surface area contributed by atoms with Gasteiger partial charge in [-0.05, 0) is 48.7 Å². The summed E-state index contributed by atoms with van der Waals surface area (Å²) in [6, 6.07) is 8.16. The molecule has 0 spiro atoms. The van der Waals surface area contributed by atoms with Crippen molar-refractivity contribution in [1.29, 1.82) is 0 Å². The second-order valence-electron chi connectivity index (χ2n) is 7.12. The minimum atomic E-state index is -4.40. The second-order valence-corrected chi connectivity index (χ2v) is 7.12. The predicted molar refractivity (Wildman–Crippen MR) is 97.7 cm³/mol. The maximum atomic E-state index is 12.7. The van der Waals surface area contributed by atoms with Crippen LogP contribution in [0.15, 0.2) is 42.6 Å². The van der Waals surface area contributed by atoms with Crippen LogP contribution in [0.3, 0.4) is 0 Å². The number of alkyl halides is 3. The van der Waals surface area contributed by atoms with Gasteiger partial charge in [-0.25, -0.2) is 9.97 Å². The first-order chi connectivity index (χ1) is 13.3. The molecule has 0 unspecified atom stereocenters. The number of amides is 1. The van der Waals surface area contributed by atoms with E-state index in [1.54, 1.807) is 11.1 Å². The number of nitrogens with zero attached hydrogens (tertiary/aromatic N) is 4. The highest BCUT2D eigenvalue weighted by Crippen LogP contribution is 2.30. The molecule has 3 heterocycles. The summed E-state index contributed by atoms with van der Waals surface area (Å²) in [5.74, 6) is 0.944. The maximum absolute atomic E-state index is 12.7. The molecule has 0 N–H and O–H groups in total. The number of rotatable bonds is 3. The van der Waals surface area contributed by atoms with Gasteiger partial charge >= 0.3 is 6.18 Å². The highest BCUT2D eigenvalue weighted by molar-refractivity contribution is 5.94. The van der Waals surface area contributed by atoms with Crippen molar-refractivity contribution in [3.63, 3.8) is 0 Å². The van der Waals surface area contributed by atoms with Crippen molar-refractivity contribution in [2.75, 3.05) is 13.1 Å². The Balaban J connectivity index is 1.43. The lowest BCUT2D eigenvalue weighted by atomic mass is 10.0. The first-order valence-electron chi connectivity index (χ1n) is 9.06. The Hall–Kier alpha value is -2.90. The van der Waals surface area contributed by atoms with E-state index in [4.69, 9.17) is 0 Å². The van der Waals surface area contributed by atoms with E-state index >= 15 is 0 Å². The third-order valence-electron chi connectivity index (χ3n) is 5.22. The normalized spacial score (nSPS) is 17.4. The molecular formula is C20H19F3N4O. The van der Waals surface area contributed by atoms with Crippen molar-refractivity contribution < 1.29 is 18.0 Å². The quantitative estimate of drug-likeness (QED) is 0.688. The van der Waals surface area contributed by atoms with Crippen LogP contribution in [0.5, 0.6) is 0 Å². The Kier molecular flexibility index (Phi) is 4.56. The number of benzene rings is 1. The van der Waals surface area contributed by atoms with Crippen LogP contribution < -0.4 is 0 Å². The molecule has 1 aliphatic heterocycles. The van der Waals surface area contributed by atoms with Crippen molar-refractivity contribution >= 4 is 17.1 Å². The van der Waals surface area contributed by atoms with E-state index < -0.39 is 11.7 Å². The molecule has 2 aromatic heterocycles. The average Bonchev–Trinajstić information content (AvgIpc) is 3.26. The molecule has 28 heavy (non-hydrogen) atoms. The number of carbonyl (C=O) groups excluding carboxylic acids is 1. The summed E-state index contributed by atoms with van der Waals surface area (Å²) in [5.41, 5.74) is 1.20. The molecule has 0 radical (unpaired) electrons. The topological polar surface area (TPSA) is 51.0 Å². The SMILES string of the molecule is Cn1c(C[C@H]2CCN(C(=O)c3ccc(C(F)(F)F)cc3)C2)nc2cccnc21. The van der Waals surface area contributed by atoms with Gasteiger partial charge in [-0.2, -0.15) is 13.2 Å². The number of hydrogen-bond acceptors (Lipinski definition) is 3. The lowest BCUT2D eigenvalue weighted by molar-refractivity contribution is -0.137. The molecule has 1 aliphatic rings. The number of fused-ring (bicyclic) bond motifs is 1. The first kappa shape index (κ1) is 18.5. The monoisotopic (exact) mass is 388 g/mol. The van der Waals surface area contributed by atoms with E-state index in [2.05, 4.69) is 9.97 Å². The van der Waals surface area contributed by atoms with Gasteiger partial charge in [-0.1, -0.05) is 0 Å². The Morgan fingerprint density at radius 1 is 1.21 bits per heavy atom. The average molecular weight is 388 g/mol. The largest absolute Gasteiger partial charge is 0.416 e. The fourth-order valence-electron chi connectivity index (χ4n) is 3.68. The van der Waals surface area contributed by atoms with Crippen LogP contribution in [-0.2, 0) is 19.6 Å². The zero-order valence-electron chi connectivity index (χ0n) is 15.3. The molecule has 3 aromatic rings. The van der Waals surface area contributed by atoms with Gasteiger partial charge in [0.15, 0.2) is 5.65 Å². The zero-order chi connectivity index (χ0) is 19.9. The Bertz CT molecular complexity index is 1010. The minimum absolute atomic E-state index is 0.233. The van der Waals surface area contributed by atoms with Gasteiger partial charge in [0, 0.05) is 38.3 Å². The molecule has 0 aliphatic carbocycles. The van der Waals surface area contributed by atoms with Crippen LogP contribution in [0.25, 0.3) is 11.2 Å². The highest BCUT2D eigenvalue weighted by Gasteiger charge is 2.31. The van der Waals surface area contributed by atoms with Gasteiger partial charge in [-0.3, -0.25) is 4.79 Å². The van der Waals surface area contributed by atoms with Crippen molar-refractivity contribution in [3.05, 3.63) is 59.5 Å². The summed E-state index contributed by atoms with van der Waals surface area (Å²) < 4.78 is 40.0. The number of aryl methyl sites for hydroxylation is 1. The lowest BCUT2D eigenvalue weighted by Crippen LogP contribution is -2.29. The molecule has 146 valence electrons. The van der Waals surface area contributed by atoms with Gasteiger partial charge in [0.05, 0.1) is 5.56 Å². The summed E-state index contributed by atoms with van der Waals surface area (Å²) in [5, 5.41) is 0. The second kappa shape index (κ2) is 6.92. The fraction of sp³-hybridized carbons (Fsp3) is 0.350. The third kappa shape index (κ3) is 3.46. The molecule has 4 rings (SSSR count). The minimum Gasteiger partial charge on any atom is -0.338 e. The smallest absolute Gasteiger partial charge is 0.338 e. The van der Waals surface area contributed by atoms with E-state index in [9.17, 15) is 18.0 Å². The fourth-order valence-corrected chi connectivity index (χ4v) is 3.68. The molecule has 5 nitrogen and oxygen atoms in total. The van der Waals surface area contributed by atoms with Crippen LogP contribution in [0.4, 0.5) is 13.2 Å². The van der Waals surface area contributed by atoms with Crippen molar-refractivity contribution in [1.82, 2.24) is 19.4 Å². The van der Waals surface area contributed by atoms with Crippen LogP contribution in [0.1, 0.15) is 28.2 Å². The van der Waals surface area contributed by atoms with Gasteiger partial charge in [0.25, 0.3) is 5.91 Å². The number of aromatic nitrogens is 3. The predicted octanol–water partition coefficient (Wildman–Crippen LogP) is 3.69. The number of carbonyl (C=O) groups is 1. The molecule has 0 bridgehead atoms. The highest BCUT2D eigenvalue weighted by atomic mass is 19.4. The molecule has 0 saturated carbocycles. The van der Waals surface area contributed by atoms with Crippen molar-refractivity contribution in [2.24, 2.45) is 13.0 Å². The van der Waals surface area contributed by atoms with Gasteiger partial charge in [0.2, 0.25) is 0 Å². The summed E-state index contributed by atoms with van der Waals surface area (Å²) >= 11 is 0. The number of hydrogen-bond donors (Lipinski definition) is 0. The zero-order valence-corrected chi connectivity index (χ0v) is 15.3. The third-order valence-corrected chi connectivity index (χ3v) is 5.22. The van der Waals surface area contributed by atoms with E-state index in [1.165, 1.54) is 12.1 Å². The molecule has 1 aromatic carbocycles. The molecule has 1 fully saturated rings. The van der Waals surface area contributed by atoms with E-state index in [0.717, 1.165) is 42.0 Å². The lowest BCUT2D eigenvalue weighted by Gasteiger charge is -2.17. The summed E-state index contributed by atoms with van der Waals surface area (Å²) in [6.07, 6.45) is -1.11. The Labute approximate surface area is 159 Å². The molecule has 8 heteroatoms. The van der Waals surface area contributed by atoms with Crippen molar-refractivity contribution in [2.45, 2.75) is 19.0 Å². The summed E-state index contributed by atoms with van der Waals surface area (Å²) in [7, 11) is 1.93. The number of imidazole rings is 1. The molecule has 1 amide bonds. The number of pyridine rings is 1. The maximum Gasteiger partial charge on any atom is 0.416 e. The van der Waals surface area contributed by atoms with Gasteiger partial charge in [0.1, 0.15) is 11.3 Å². The molecular weight excluding hydrogens is 369 g/mol. The Morgan fingerprint density at radius 3 is 2.64 bits per heavy atom. The summed E-state index contributed by atoms with van der Waals surface area (Å²) in [4.78, 5) is 23.3. The number of likely N-dealkylation sites (tertiary alicyclic amines) is 1. The molecule has 1 saturated heterocycles. The van der Waals surface area contributed by atoms with Crippen molar-refractivity contribution in [3.8, 4) is 0 Å². The first-order valence-corrected chi connectivity index (χ1v) is 9.06. The van der Waals surface area contributed by atoms with E-state index in [1.807, 2.05) is 23.7 Å². The van der Waals surface area contributed by atoms with Crippen LogP contribution in [-0.4, -0.2) is 38.4 Å². The van der Waals surface area contributed by atoms with Crippen LogP contribution in [0, 0.1) is 5.92 Å². The van der Waals surface area contributed by atoms with Gasteiger partial charge in [-0.15, -0.1) is 0 Å². The van der Waals surface area contributed by atoms with Crippen LogP contribution in [0.2, 0.25) is 0 Å². The summed E-state index contributed by atoms with van der Waals surface area (Å²) in [6.45, 7) is 1.16. The van der Waals surface area contributed by atoms with E-state index in [0.29, 0.717) is 13.1 Å². The van der Waals surface area contributed by atoms with Crippen LogP contribution >= 0.6 is 0 Å². The van der Waals surface area contributed by atoms with E-state index in [-0.39, 0.29) is 17.4 Å². The number of halogens is 3.